The molecule has 2 aromatic heterocycles. The van der Waals surface area contributed by atoms with Gasteiger partial charge >= 0.3 is 5.97 Å². The van der Waals surface area contributed by atoms with Crippen molar-refractivity contribution in [2.24, 2.45) is 13.0 Å². The highest BCUT2D eigenvalue weighted by molar-refractivity contribution is 5.94. The number of carbonyl (C=O) groups excluding carboxylic acids is 2. The van der Waals surface area contributed by atoms with E-state index in [4.69, 9.17) is 4.74 Å². The highest BCUT2D eigenvalue weighted by atomic mass is 19.1. The number of ether oxygens (including phenoxy) is 1. The molecule has 0 saturated heterocycles. The number of hydrogen-bond donors (Lipinski definition) is 1. The minimum atomic E-state index is -0.858. The standard InChI is InChI=1S/C24H28FN5O4/c1-3-34-24(33)21-27-20(13-29(21)2)28-22(31)19(11-15-7-5-4-6-8-15)30-14-26-18-10-9-16(25)12-17(18)23(30)32/h9-10,12-15,19H,3-8,11H2,1-2H3,(H,28,31). The molecule has 2 heterocycles. The van der Waals surface area contributed by atoms with Gasteiger partial charge in [-0.3, -0.25) is 14.2 Å². The molecule has 4 rings (SSSR count). The van der Waals surface area contributed by atoms with Crippen LogP contribution in [0.2, 0.25) is 0 Å². The summed E-state index contributed by atoms with van der Waals surface area (Å²) in [6, 6.07) is 2.97. The summed E-state index contributed by atoms with van der Waals surface area (Å²) in [6.07, 6.45) is 8.59. The number of imidazole rings is 1. The van der Waals surface area contributed by atoms with Crippen LogP contribution in [0.4, 0.5) is 10.2 Å². The molecular weight excluding hydrogens is 441 g/mol. The third-order valence-electron chi connectivity index (χ3n) is 6.25. The molecule has 1 aromatic carbocycles. The molecule has 34 heavy (non-hydrogen) atoms. The SMILES string of the molecule is CCOC(=O)c1nc(NC(=O)C(CC2CCCCC2)n2cnc3ccc(F)cc3c2=O)cn1C. The molecule has 1 N–H and O–H groups in total. The number of benzene rings is 1. The van der Waals surface area contributed by atoms with Crippen molar-refractivity contribution in [3.63, 3.8) is 0 Å². The van der Waals surface area contributed by atoms with E-state index in [0.717, 1.165) is 38.2 Å². The van der Waals surface area contributed by atoms with E-state index in [1.54, 1.807) is 14.0 Å². The average Bonchev–Trinajstić information content (AvgIpc) is 3.19. The van der Waals surface area contributed by atoms with Gasteiger partial charge < -0.3 is 14.6 Å². The third kappa shape index (κ3) is 5.00. The summed E-state index contributed by atoms with van der Waals surface area (Å²) in [7, 11) is 1.63. The normalized spacial score (nSPS) is 15.3. The molecule has 9 nitrogen and oxygen atoms in total. The molecule has 3 aromatic rings. The highest BCUT2D eigenvalue weighted by Gasteiger charge is 2.28. The first-order chi connectivity index (χ1) is 16.4. The summed E-state index contributed by atoms with van der Waals surface area (Å²) in [5.41, 5.74) is -0.114. The summed E-state index contributed by atoms with van der Waals surface area (Å²) in [5.74, 6) is -1.08. The van der Waals surface area contributed by atoms with Gasteiger partial charge in [-0.2, -0.15) is 0 Å². The lowest BCUT2D eigenvalue weighted by Gasteiger charge is -2.27. The van der Waals surface area contributed by atoms with Crippen LogP contribution in [-0.4, -0.2) is 37.6 Å². The predicted octanol–water partition coefficient (Wildman–Crippen LogP) is 3.60. The summed E-state index contributed by atoms with van der Waals surface area (Å²) in [6.45, 7) is 1.90. The maximum atomic E-state index is 13.8. The van der Waals surface area contributed by atoms with E-state index in [2.05, 4.69) is 15.3 Å². The van der Waals surface area contributed by atoms with Crippen molar-refractivity contribution in [2.75, 3.05) is 11.9 Å². The van der Waals surface area contributed by atoms with Crippen molar-refractivity contribution < 1.29 is 18.7 Å². The number of rotatable bonds is 7. The Morgan fingerprint density at radius 3 is 2.76 bits per heavy atom. The lowest BCUT2D eigenvalue weighted by molar-refractivity contribution is -0.120. The number of aromatic nitrogens is 4. The number of nitrogens with zero attached hydrogens (tertiary/aromatic N) is 4. The number of esters is 1. The second-order valence-electron chi connectivity index (χ2n) is 8.64. The Hall–Kier alpha value is -3.56. The van der Waals surface area contributed by atoms with Crippen molar-refractivity contribution in [2.45, 2.75) is 51.5 Å². The van der Waals surface area contributed by atoms with Crippen LogP contribution >= 0.6 is 0 Å². The van der Waals surface area contributed by atoms with E-state index in [1.165, 1.54) is 33.8 Å². The molecule has 0 spiro atoms. The van der Waals surface area contributed by atoms with Gasteiger partial charge in [0.1, 0.15) is 11.9 Å². The fourth-order valence-corrected chi connectivity index (χ4v) is 4.54. The molecule has 0 aliphatic heterocycles. The molecule has 1 unspecified atom stereocenters. The van der Waals surface area contributed by atoms with Gasteiger partial charge in [-0.25, -0.2) is 19.2 Å². The van der Waals surface area contributed by atoms with Crippen LogP contribution < -0.4 is 10.9 Å². The van der Waals surface area contributed by atoms with E-state index < -0.39 is 29.3 Å². The fourth-order valence-electron chi connectivity index (χ4n) is 4.54. The molecule has 1 fully saturated rings. The fraction of sp³-hybridized carbons (Fsp3) is 0.458. The topological polar surface area (TPSA) is 108 Å². The summed E-state index contributed by atoms with van der Waals surface area (Å²) in [5, 5.41) is 2.85. The van der Waals surface area contributed by atoms with Crippen molar-refractivity contribution in [1.82, 2.24) is 19.1 Å². The molecule has 1 saturated carbocycles. The second-order valence-corrected chi connectivity index (χ2v) is 8.64. The molecule has 10 heteroatoms. The van der Waals surface area contributed by atoms with Crippen LogP contribution in [0, 0.1) is 11.7 Å². The quantitative estimate of drug-likeness (QED) is 0.530. The Morgan fingerprint density at radius 1 is 1.26 bits per heavy atom. The number of halogens is 1. The molecule has 1 aliphatic carbocycles. The molecule has 180 valence electrons. The second kappa shape index (κ2) is 10.1. The Balaban J connectivity index is 1.66. The Kier molecular flexibility index (Phi) is 7.04. The number of anilines is 1. The number of fused-ring (bicyclic) bond motifs is 1. The van der Waals surface area contributed by atoms with Crippen molar-refractivity contribution in [3.05, 3.63) is 52.7 Å². The molecule has 1 atom stereocenters. The van der Waals surface area contributed by atoms with Gasteiger partial charge in [0.2, 0.25) is 11.7 Å². The smallest absolute Gasteiger partial charge is 0.374 e. The first-order valence-electron chi connectivity index (χ1n) is 11.5. The zero-order valence-corrected chi connectivity index (χ0v) is 19.3. The molecule has 0 bridgehead atoms. The Labute approximate surface area is 196 Å². The number of carbonyl (C=O) groups is 2. The number of nitrogens with one attached hydrogen (secondary N) is 1. The van der Waals surface area contributed by atoms with Gasteiger partial charge in [0.15, 0.2) is 5.82 Å². The van der Waals surface area contributed by atoms with Crippen LogP contribution in [-0.2, 0) is 16.6 Å². The van der Waals surface area contributed by atoms with Crippen molar-refractivity contribution in [1.29, 1.82) is 0 Å². The zero-order valence-electron chi connectivity index (χ0n) is 19.3. The van der Waals surface area contributed by atoms with Crippen LogP contribution in [0.5, 0.6) is 0 Å². The van der Waals surface area contributed by atoms with Crippen LogP contribution in [0.15, 0.2) is 35.5 Å². The first kappa shape index (κ1) is 23.6. The van der Waals surface area contributed by atoms with Crippen LogP contribution in [0.1, 0.15) is 62.1 Å². The van der Waals surface area contributed by atoms with Gasteiger partial charge in [-0.15, -0.1) is 0 Å². The lowest BCUT2D eigenvalue weighted by atomic mass is 9.84. The summed E-state index contributed by atoms with van der Waals surface area (Å²) in [4.78, 5) is 47.2. The zero-order chi connectivity index (χ0) is 24.2. The average molecular weight is 470 g/mol. The first-order valence-corrected chi connectivity index (χ1v) is 11.5. The van der Waals surface area contributed by atoms with Crippen LogP contribution in [0.25, 0.3) is 10.9 Å². The number of aryl methyl sites for hydroxylation is 1. The van der Waals surface area contributed by atoms with Gasteiger partial charge in [0, 0.05) is 13.2 Å². The monoisotopic (exact) mass is 469 g/mol. The predicted molar refractivity (Wildman–Crippen MR) is 124 cm³/mol. The minimum Gasteiger partial charge on any atom is -0.460 e. The van der Waals surface area contributed by atoms with Crippen LogP contribution in [0.3, 0.4) is 0 Å². The van der Waals surface area contributed by atoms with Gasteiger partial charge in [0.05, 0.1) is 23.8 Å². The van der Waals surface area contributed by atoms with E-state index >= 15 is 0 Å². The van der Waals surface area contributed by atoms with Gasteiger partial charge in [0.25, 0.3) is 5.56 Å². The lowest BCUT2D eigenvalue weighted by Crippen LogP contribution is -2.35. The van der Waals surface area contributed by atoms with Crippen molar-refractivity contribution >= 4 is 28.6 Å². The van der Waals surface area contributed by atoms with E-state index in [1.807, 2.05) is 0 Å². The van der Waals surface area contributed by atoms with Gasteiger partial charge in [-0.1, -0.05) is 32.1 Å². The Morgan fingerprint density at radius 2 is 2.03 bits per heavy atom. The van der Waals surface area contributed by atoms with E-state index in [0.29, 0.717) is 11.9 Å². The number of hydrogen-bond acceptors (Lipinski definition) is 6. The maximum absolute atomic E-state index is 13.8. The summed E-state index contributed by atoms with van der Waals surface area (Å²) >= 11 is 0. The molecule has 0 radical (unpaired) electrons. The highest BCUT2D eigenvalue weighted by Crippen LogP contribution is 2.31. The molecule has 1 aliphatic rings. The number of amides is 1. The molecular formula is C24H28FN5O4. The third-order valence-corrected chi connectivity index (χ3v) is 6.25. The largest absolute Gasteiger partial charge is 0.460 e. The van der Waals surface area contributed by atoms with Crippen molar-refractivity contribution in [3.8, 4) is 0 Å². The Bertz CT molecular complexity index is 1260. The van der Waals surface area contributed by atoms with E-state index in [9.17, 15) is 18.8 Å². The van der Waals surface area contributed by atoms with E-state index in [-0.39, 0.29) is 29.6 Å². The molecule has 1 amide bonds. The summed E-state index contributed by atoms with van der Waals surface area (Å²) < 4.78 is 21.6. The van der Waals surface area contributed by atoms with Gasteiger partial charge in [-0.05, 0) is 37.5 Å². The maximum Gasteiger partial charge on any atom is 0.374 e. The minimum absolute atomic E-state index is 0.0565.